The van der Waals surface area contributed by atoms with Crippen LogP contribution >= 0.6 is 17.0 Å². The minimum atomic E-state index is -4.63. The van der Waals surface area contributed by atoms with Gasteiger partial charge in [-0.15, -0.1) is 0 Å². The first kappa shape index (κ1) is 32.5. The van der Waals surface area contributed by atoms with Crippen LogP contribution in [0.5, 0.6) is 0 Å². The van der Waals surface area contributed by atoms with Gasteiger partial charge in [-0.2, -0.15) is 0 Å². The van der Waals surface area contributed by atoms with Crippen molar-refractivity contribution in [3.63, 3.8) is 0 Å². The van der Waals surface area contributed by atoms with E-state index in [0.717, 1.165) is 25.7 Å². The zero-order chi connectivity index (χ0) is 28.9. The average molecular weight is 676 g/mol. The Kier molecular flexibility index (Phi) is 11.3. The van der Waals surface area contributed by atoms with E-state index < -0.39 is 21.5 Å². The fourth-order valence-corrected chi connectivity index (χ4v) is 39.1. The number of allylic oxidation sites excluding steroid dienone is 2. The number of unbranched alkanes of at least 4 members (excludes halogenated alkanes) is 4. The third-order valence-electron chi connectivity index (χ3n) is 9.93. The first-order valence-corrected chi connectivity index (χ1v) is 32.8. The molecule has 0 aromatic heterocycles. The van der Waals surface area contributed by atoms with Gasteiger partial charge in [0, 0.05) is 0 Å². The first-order chi connectivity index (χ1) is 19.2. The van der Waals surface area contributed by atoms with Crippen molar-refractivity contribution < 1.29 is 15.6 Å². The molecule has 4 rings (SSSR count). The van der Waals surface area contributed by atoms with Gasteiger partial charge < -0.3 is 0 Å². The van der Waals surface area contributed by atoms with Crippen LogP contribution in [0, 0.1) is 0 Å². The molecule has 40 heavy (non-hydrogen) atoms. The van der Waals surface area contributed by atoms with Crippen molar-refractivity contribution in [2.24, 2.45) is 0 Å². The van der Waals surface area contributed by atoms with E-state index in [1.165, 1.54) is 84.7 Å². The van der Waals surface area contributed by atoms with Crippen molar-refractivity contribution in [3.8, 4) is 0 Å². The molecular formula is C36H53Cl2SiZr. The summed E-state index contributed by atoms with van der Waals surface area (Å²) in [6, 6.07) is 14.1. The first-order valence-electron chi connectivity index (χ1n) is 16.4. The summed E-state index contributed by atoms with van der Waals surface area (Å²) in [5, 5.41) is 0. The molecule has 0 amide bonds. The van der Waals surface area contributed by atoms with E-state index >= 15 is 0 Å². The summed E-state index contributed by atoms with van der Waals surface area (Å²) in [7, 11) is 17.2. The number of hydrogen-bond acceptors (Lipinski definition) is 0. The maximum absolute atomic E-state index is 8.61. The third kappa shape index (κ3) is 6.00. The number of rotatable bonds is 15. The van der Waals surface area contributed by atoms with Gasteiger partial charge in [0.05, 0.1) is 0 Å². The van der Waals surface area contributed by atoms with E-state index in [9.17, 15) is 0 Å². The van der Waals surface area contributed by atoms with Gasteiger partial charge in [0.25, 0.3) is 0 Å². The van der Waals surface area contributed by atoms with Crippen LogP contribution in [-0.4, -0.2) is 5.92 Å². The molecule has 4 heteroatoms. The van der Waals surface area contributed by atoms with Gasteiger partial charge in [0.2, 0.25) is 0 Å². The topological polar surface area (TPSA) is 0 Å². The Morgan fingerprint density at radius 2 is 0.975 bits per heavy atom. The summed E-state index contributed by atoms with van der Waals surface area (Å²) in [6.45, 7) is 14.2. The average Bonchev–Trinajstić information content (AvgIpc) is 3.52. The minimum absolute atomic E-state index is 0.236. The fraction of sp³-hybridized carbons (Fsp3) is 0.556. The van der Waals surface area contributed by atoms with E-state index in [0.29, 0.717) is 0 Å². The van der Waals surface area contributed by atoms with Gasteiger partial charge in [-0.3, -0.25) is 0 Å². The zero-order valence-corrected chi connectivity index (χ0v) is 31.2. The van der Waals surface area contributed by atoms with Crippen molar-refractivity contribution in [2.45, 2.75) is 125 Å². The molecule has 0 bridgehead atoms. The van der Waals surface area contributed by atoms with E-state index in [4.69, 9.17) is 17.0 Å². The zero-order valence-electron chi connectivity index (χ0n) is 26.1. The molecule has 2 aliphatic carbocycles. The van der Waals surface area contributed by atoms with Gasteiger partial charge in [-0.25, -0.2) is 0 Å². The van der Waals surface area contributed by atoms with Crippen molar-refractivity contribution in [3.05, 3.63) is 80.9 Å². The molecular weight excluding hydrogens is 623 g/mol. The van der Waals surface area contributed by atoms with E-state index in [1.54, 1.807) is 11.1 Å². The summed E-state index contributed by atoms with van der Waals surface area (Å²) in [6.07, 6.45) is 19.4. The summed E-state index contributed by atoms with van der Waals surface area (Å²) in [5.41, 5.74) is 12.0. The van der Waals surface area contributed by atoms with Crippen molar-refractivity contribution in [1.29, 1.82) is 0 Å². The molecule has 0 nitrogen and oxygen atoms in total. The van der Waals surface area contributed by atoms with Crippen LogP contribution in [0.1, 0.15) is 133 Å². The summed E-state index contributed by atoms with van der Waals surface area (Å²) in [5.74, 6) is -1.50. The van der Waals surface area contributed by atoms with Crippen LogP contribution in [0.3, 0.4) is 0 Å². The Bertz CT molecular complexity index is 1150. The Morgan fingerprint density at radius 1 is 0.600 bits per heavy atom. The van der Waals surface area contributed by atoms with E-state index in [1.807, 2.05) is 0 Å². The Labute approximate surface area is 254 Å². The molecule has 0 aliphatic heterocycles. The van der Waals surface area contributed by atoms with Gasteiger partial charge in [-0.1, -0.05) is 0 Å². The number of aryl methyl sites for hydroxylation is 2. The molecule has 0 N–H and O–H groups in total. The van der Waals surface area contributed by atoms with Crippen molar-refractivity contribution in [2.75, 3.05) is 0 Å². The summed E-state index contributed by atoms with van der Waals surface area (Å²) >= 11 is -4.63. The van der Waals surface area contributed by atoms with Crippen LogP contribution < -0.4 is 0 Å². The molecule has 0 saturated heterocycles. The SMILES string of the molecule is CCCCC1=Cc2c(CCCC)cccc2[CH]1[Zr]([Cl])([Cl])([CH]1C(CCCC)=Cc2c(CCCC)cccc21)[SiH](C)C. The summed E-state index contributed by atoms with van der Waals surface area (Å²) in [4.78, 5) is 0. The van der Waals surface area contributed by atoms with Gasteiger partial charge in [0.1, 0.15) is 0 Å². The second kappa shape index (κ2) is 13.9. The van der Waals surface area contributed by atoms with Gasteiger partial charge in [0.15, 0.2) is 0 Å². The standard InChI is InChI=1S/2C17H23.C2H7Si.2ClH.Zr/c2*1-3-5-8-14-12-16-11-7-10-15(9-6-4-2)17(16)13-14;1-3-2;;;/h2*7,10-13H,3-6,8-9H2,1-2H3;3H,1-2H3;2*1H;/q;;;;;+2/p-2. The number of fused-ring (bicyclic) bond motifs is 2. The normalized spacial score (nSPS) is 19.3. The van der Waals surface area contributed by atoms with Crippen LogP contribution in [0.2, 0.25) is 13.1 Å². The third-order valence-corrected chi connectivity index (χ3v) is 61.8. The van der Waals surface area contributed by atoms with Crippen LogP contribution in [0.25, 0.3) is 12.2 Å². The molecule has 0 radical (unpaired) electrons. The molecule has 219 valence electrons. The number of halogens is 2. The van der Waals surface area contributed by atoms with Gasteiger partial charge in [-0.05, 0) is 0 Å². The molecule has 0 spiro atoms. The van der Waals surface area contributed by atoms with Gasteiger partial charge >= 0.3 is 257 Å². The molecule has 0 saturated carbocycles. The second-order valence-electron chi connectivity index (χ2n) is 12.9. The Morgan fingerprint density at radius 3 is 1.32 bits per heavy atom. The van der Waals surface area contributed by atoms with Crippen molar-refractivity contribution >= 4 is 35.1 Å². The molecule has 0 heterocycles. The molecule has 2 unspecified atom stereocenters. The summed E-state index contributed by atoms with van der Waals surface area (Å²) < 4.78 is 0.472. The maximum atomic E-state index is 8.61. The number of hydrogen-bond donors (Lipinski definition) is 0. The predicted molar refractivity (Wildman–Crippen MR) is 181 cm³/mol. The van der Waals surface area contributed by atoms with Crippen LogP contribution in [0.15, 0.2) is 47.5 Å². The molecule has 2 aromatic rings. The number of benzene rings is 2. The predicted octanol–water partition coefficient (Wildman–Crippen LogP) is 12.3. The van der Waals surface area contributed by atoms with Crippen molar-refractivity contribution in [1.82, 2.24) is 0 Å². The molecule has 2 aliphatic rings. The Balaban J connectivity index is 1.95. The quantitative estimate of drug-likeness (QED) is 0.165. The Hall–Kier alpha value is -0.400. The second-order valence-corrected chi connectivity index (χ2v) is 55.4. The van der Waals surface area contributed by atoms with Crippen LogP contribution in [-0.2, 0) is 28.4 Å². The molecule has 0 fully saturated rings. The van der Waals surface area contributed by atoms with E-state index in [2.05, 4.69) is 89.3 Å². The van der Waals surface area contributed by atoms with E-state index in [-0.39, 0.29) is 7.25 Å². The van der Waals surface area contributed by atoms with Crippen LogP contribution in [0.4, 0.5) is 0 Å². The fourth-order valence-electron chi connectivity index (χ4n) is 7.56. The molecule has 2 aromatic carbocycles. The molecule has 2 atom stereocenters. The monoisotopic (exact) mass is 673 g/mol.